The van der Waals surface area contributed by atoms with E-state index < -0.39 is 0 Å². The van der Waals surface area contributed by atoms with Crippen LogP contribution in [0.3, 0.4) is 0 Å². The van der Waals surface area contributed by atoms with Crippen LogP contribution in [0.4, 0.5) is 0 Å². The van der Waals surface area contributed by atoms with Gasteiger partial charge in [-0.2, -0.15) is 0 Å². The number of carbonyl (C=O) groups excluding carboxylic acids is 1. The van der Waals surface area contributed by atoms with E-state index in [1.165, 1.54) is 19.3 Å². The van der Waals surface area contributed by atoms with Crippen molar-refractivity contribution in [3.63, 3.8) is 0 Å². The van der Waals surface area contributed by atoms with Crippen molar-refractivity contribution >= 4 is 5.91 Å². The topological polar surface area (TPSA) is 20.3 Å². The van der Waals surface area contributed by atoms with E-state index in [1.54, 1.807) is 0 Å². The molecular formula is C17H39NO. The van der Waals surface area contributed by atoms with Gasteiger partial charge < -0.3 is 4.90 Å². The lowest BCUT2D eigenvalue weighted by Crippen LogP contribution is -2.38. The molecule has 0 spiro atoms. The van der Waals surface area contributed by atoms with Gasteiger partial charge in [-0.15, -0.1) is 0 Å². The van der Waals surface area contributed by atoms with Crippen molar-refractivity contribution in [2.45, 2.75) is 87.5 Å². The molecule has 2 nitrogen and oxygen atoms in total. The van der Waals surface area contributed by atoms with Crippen molar-refractivity contribution in [3.05, 3.63) is 0 Å². The smallest absolute Gasteiger partial charge is 0.222 e. The van der Waals surface area contributed by atoms with Crippen LogP contribution in [0.1, 0.15) is 87.5 Å². The minimum atomic E-state index is 0.358. The summed E-state index contributed by atoms with van der Waals surface area (Å²) in [5.74, 6) is 1.22. The first-order valence-corrected chi connectivity index (χ1v) is 8.55. The normalized spacial score (nSPS) is 14.0. The molecule has 118 valence electrons. The van der Waals surface area contributed by atoms with E-state index in [4.69, 9.17) is 0 Å². The molecule has 1 rings (SSSR count). The minimum Gasteiger partial charge on any atom is -0.343 e. The van der Waals surface area contributed by atoms with E-state index >= 15 is 0 Å². The second-order valence-corrected chi connectivity index (χ2v) is 3.98. The van der Waals surface area contributed by atoms with E-state index in [0.29, 0.717) is 5.91 Å². The van der Waals surface area contributed by atoms with Crippen LogP contribution in [0.25, 0.3) is 0 Å². The Hall–Kier alpha value is -0.530. The lowest BCUT2D eigenvalue weighted by atomic mass is 9.94. The zero-order valence-corrected chi connectivity index (χ0v) is 14.9. The van der Waals surface area contributed by atoms with Crippen LogP contribution in [0.2, 0.25) is 0 Å². The van der Waals surface area contributed by atoms with E-state index in [9.17, 15) is 4.79 Å². The molecule has 1 fully saturated rings. The fourth-order valence-electron chi connectivity index (χ4n) is 1.96. The molecule has 0 aromatic carbocycles. The zero-order valence-electron chi connectivity index (χ0n) is 14.9. The third kappa shape index (κ3) is 12.3. The van der Waals surface area contributed by atoms with Crippen LogP contribution in [-0.4, -0.2) is 23.9 Å². The molecule has 1 heterocycles. The maximum atomic E-state index is 11.5. The maximum Gasteiger partial charge on any atom is 0.222 e. The number of amides is 1. The Balaban J connectivity index is -0.000000375. The number of piperidine rings is 1. The highest BCUT2D eigenvalue weighted by molar-refractivity contribution is 5.76. The van der Waals surface area contributed by atoms with Crippen molar-refractivity contribution in [1.29, 1.82) is 0 Å². The molecule has 0 saturated carbocycles. The average molecular weight is 274 g/mol. The first-order chi connectivity index (χ1) is 9.27. The highest BCUT2D eigenvalue weighted by Crippen LogP contribution is 2.20. The molecule has 2 heteroatoms. The number of likely N-dealkylation sites (tertiary alicyclic amines) is 1. The van der Waals surface area contributed by atoms with Crippen LogP contribution in [-0.2, 0) is 4.79 Å². The molecule has 19 heavy (non-hydrogen) atoms. The number of carbonyl (C=O) groups is 1. The lowest BCUT2D eigenvalue weighted by molar-refractivity contribution is -0.132. The molecule has 1 aliphatic rings. The molecule has 0 bridgehead atoms. The summed E-state index contributed by atoms with van der Waals surface area (Å²) in [6, 6.07) is 0. The van der Waals surface area contributed by atoms with Gasteiger partial charge in [0.15, 0.2) is 0 Å². The predicted octanol–water partition coefficient (Wildman–Crippen LogP) is 5.51. The third-order valence-electron chi connectivity index (χ3n) is 3.01. The van der Waals surface area contributed by atoms with Gasteiger partial charge in [-0.05, 0) is 25.2 Å². The van der Waals surface area contributed by atoms with Crippen LogP contribution < -0.4 is 0 Å². The highest BCUT2D eigenvalue weighted by Gasteiger charge is 2.20. The molecule has 0 unspecified atom stereocenters. The molecule has 0 atom stereocenters. The summed E-state index contributed by atoms with van der Waals surface area (Å²) in [6.07, 6.45) is 5.41. The second-order valence-electron chi connectivity index (χ2n) is 3.98. The summed E-state index contributed by atoms with van der Waals surface area (Å²) in [4.78, 5) is 13.6. The molecule has 1 saturated heterocycles. The molecule has 0 N–H and O–H groups in total. The van der Waals surface area contributed by atoms with Crippen LogP contribution in [0, 0.1) is 5.92 Å². The van der Waals surface area contributed by atoms with Crippen molar-refractivity contribution in [2.24, 2.45) is 5.92 Å². The molecule has 0 aromatic heterocycles. The van der Waals surface area contributed by atoms with Gasteiger partial charge in [-0.1, -0.05) is 61.8 Å². The largest absolute Gasteiger partial charge is 0.343 e. The van der Waals surface area contributed by atoms with Crippen molar-refractivity contribution in [1.82, 2.24) is 4.90 Å². The van der Waals surface area contributed by atoms with E-state index in [-0.39, 0.29) is 0 Å². The summed E-state index contributed by atoms with van der Waals surface area (Å²) >= 11 is 0. The molecule has 1 amide bonds. The second kappa shape index (κ2) is 19.8. The van der Waals surface area contributed by atoms with Crippen LogP contribution in [0.5, 0.6) is 0 Å². The predicted molar refractivity (Wildman–Crippen MR) is 88.5 cm³/mol. The quantitative estimate of drug-likeness (QED) is 0.663. The Morgan fingerprint density at radius 2 is 1.37 bits per heavy atom. The summed E-state index contributed by atoms with van der Waals surface area (Å²) in [7, 11) is 0. The van der Waals surface area contributed by atoms with Crippen molar-refractivity contribution < 1.29 is 4.79 Å². The minimum absolute atomic E-state index is 0.358. The summed E-state index contributed by atoms with van der Waals surface area (Å²) in [5, 5.41) is 0. The first kappa shape index (κ1) is 23.6. The first-order valence-electron chi connectivity index (χ1n) is 8.55. The molecule has 0 aromatic rings. The zero-order chi connectivity index (χ0) is 15.7. The van der Waals surface area contributed by atoms with Crippen LogP contribution in [0.15, 0.2) is 0 Å². The molecule has 0 radical (unpaired) electrons. The summed E-state index contributed by atoms with van der Waals surface area (Å²) < 4.78 is 0. The van der Waals surface area contributed by atoms with Gasteiger partial charge in [0.1, 0.15) is 0 Å². The van der Waals surface area contributed by atoms with Crippen molar-refractivity contribution in [2.75, 3.05) is 13.1 Å². The summed E-state index contributed by atoms with van der Waals surface area (Å²) in [6.45, 7) is 18.3. The third-order valence-corrected chi connectivity index (χ3v) is 3.01. The number of nitrogens with zero attached hydrogens (tertiary/aromatic N) is 1. The Morgan fingerprint density at radius 3 is 1.68 bits per heavy atom. The fourth-order valence-corrected chi connectivity index (χ4v) is 1.96. The fraction of sp³-hybridized carbons (Fsp3) is 0.941. The van der Waals surface area contributed by atoms with Gasteiger partial charge in [0, 0.05) is 19.5 Å². The van der Waals surface area contributed by atoms with Gasteiger partial charge >= 0.3 is 0 Å². The monoisotopic (exact) mass is 273 g/mol. The highest BCUT2D eigenvalue weighted by atomic mass is 16.2. The number of hydrogen-bond acceptors (Lipinski definition) is 1. The molecule has 1 aliphatic heterocycles. The average Bonchev–Trinajstić information content (AvgIpc) is 2.53. The lowest BCUT2D eigenvalue weighted by Gasteiger charge is -2.31. The Labute approximate surface area is 123 Å². The van der Waals surface area contributed by atoms with Gasteiger partial charge in [0.2, 0.25) is 5.91 Å². The standard InChI is InChI=1S/C11H21NO.3C2H6/c1-3-5-11(13)12-8-6-10(4-2)7-9-12;3*1-2/h10H,3-9H2,1-2H3;3*1-2H3. The molecule has 0 aliphatic carbocycles. The van der Waals surface area contributed by atoms with Gasteiger partial charge in [0.25, 0.3) is 0 Å². The Morgan fingerprint density at radius 1 is 0.947 bits per heavy atom. The maximum absolute atomic E-state index is 11.5. The Bertz CT molecular complexity index is 161. The van der Waals surface area contributed by atoms with Gasteiger partial charge in [0.05, 0.1) is 0 Å². The van der Waals surface area contributed by atoms with E-state index in [1.807, 2.05) is 46.4 Å². The van der Waals surface area contributed by atoms with Gasteiger partial charge in [-0.3, -0.25) is 4.79 Å². The SMILES string of the molecule is CC.CC.CC.CCCC(=O)N1CCC(CC)CC1. The molecular weight excluding hydrogens is 234 g/mol. The number of rotatable bonds is 3. The number of hydrogen-bond donors (Lipinski definition) is 0. The van der Waals surface area contributed by atoms with E-state index in [2.05, 4.69) is 13.8 Å². The summed E-state index contributed by atoms with van der Waals surface area (Å²) in [5.41, 5.74) is 0. The Kier molecular flexibility index (Phi) is 24.5. The van der Waals surface area contributed by atoms with Crippen molar-refractivity contribution in [3.8, 4) is 0 Å². The van der Waals surface area contributed by atoms with E-state index in [0.717, 1.165) is 31.8 Å². The van der Waals surface area contributed by atoms with Gasteiger partial charge in [-0.25, -0.2) is 0 Å². The van der Waals surface area contributed by atoms with Crippen LogP contribution >= 0.6 is 0 Å².